The van der Waals surface area contributed by atoms with Gasteiger partial charge in [0.1, 0.15) is 5.76 Å². The van der Waals surface area contributed by atoms with Gasteiger partial charge in [0.05, 0.1) is 12.8 Å². The number of hydrogen-bond acceptors (Lipinski definition) is 3. The van der Waals surface area contributed by atoms with E-state index in [4.69, 9.17) is 10.2 Å². The fourth-order valence-electron chi connectivity index (χ4n) is 2.14. The van der Waals surface area contributed by atoms with E-state index in [-0.39, 0.29) is 0 Å². The van der Waals surface area contributed by atoms with Gasteiger partial charge in [-0.25, -0.2) is 0 Å². The van der Waals surface area contributed by atoms with Crippen molar-refractivity contribution in [3.63, 3.8) is 0 Å². The lowest BCUT2D eigenvalue weighted by molar-refractivity contribution is 0.134. The average molecular weight is 194 g/mol. The minimum atomic E-state index is 0.550. The molecular formula is C11H18N2O. The normalized spacial score (nSPS) is 23.9. The van der Waals surface area contributed by atoms with Crippen LogP contribution in [0.4, 0.5) is 0 Å². The standard InChI is InChI=1S/C11H18N2O/c12-8-10-4-1-2-6-13(10)9-11-5-3-7-14-11/h3,5,7,10H,1-2,4,6,8-9,12H2. The third-order valence-electron chi connectivity index (χ3n) is 2.96. The van der Waals surface area contributed by atoms with Crippen LogP contribution in [0.2, 0.25) is 0 Å². The summed E-state index contributed by atoms with van der Waals surface area (Å²) in [6.45, 7) is 2.83. The molecule has 0 aromatic carbocycles. The van der Waals surface area contributed by atoms with Crippen molar-refractivity contribution in [3.05, 3.63) is 24.2 Å². The quantitative estimate of drug-likeness (QED) is 0.794. The molecule has 2 heterocycles. The number of piperidine rings is 1. The van der Waals surface area contributed by atoms with Gasteiger partial charge in [-0.15, -0.1) is 0 Å². The van der Waals surface area contributed by atoms with E-state index in [1.807, 2.05) is 12.1 Å². The second-order valence-electron chi connectivity index (χ2n) is 3.94. The highest BCUT2D eigenvalue weighted by Gasteiger charge is 2.21. The average Bonchev–Trinajstić information content (AvgIpc) is 2.71. The molecule has 3 nitrogen and oxygen atoms in total. The van der Waals surface area contributed by atoms with Crippen LogP contribution in [0.15, 0.2) is 22.8 Å². The number of nitrogens with two attached hydrogens (primary N) is 1. The van der Waals surface area contributed by atoms with Crippen LogP contribution in [-0.2, 0) is 6.54 Å². The molecule has 1 aliphatic heterocycles. The molecule has 0 aliphatic carbocycles. The topological polar surface area (TPSA) is 42.4 Å². The molecular weight excluding hydrogens is 176 g/mol. The maximum absolute atomic E-state index is 5.75. The van der Waals surface area contributed by atoms with Crippen molar-refractivity contribution in [3.8, 4) is 0 Å². The summed E-state index contributed by atoms with van der Waals surface area (Å²) in [6, 6.07) is 4.52. The van der Waals surface area contributed by atoms with Gasteiger partial charge in [-0.1, -0.05) is 6.42 Å². The number of nitrogens with zero attached hydrogens (tertiary/aromatic N) is 1. The van der Waals surface area contributed by atoms with Gasteiger partial charge in [0.2, 0.25) is 0 Å². The van der Waals surface area contributed by atoms with Gasteiger partial charge in [0.15, 0.2) is 0 Å². The summed E-state index contributed by atoms with van der Waals surface area (Å²) in [4.78, 5) is 2.43. The zero-order chi connectivity index (χ0) is 9.80. The Bertz CT molecular complexity index is 258. The van der Waals surface area contributed by atoms with Crippen molar-refractivity contribution in [2.45, 2.75) is 31.8 Å². The molecule has 3 heteroatoms. The highest BCUT2D eigenvalue weighted by atomic mass is 16.3. The van der Waals surface area contributed by atoms with Gasteiger partial charge in [-0.3, -0.25) is 4.90 Å². The molecule has 0 spiro atoms. The molecule has 1 aliphatic rings. The number of rotatable bonds is 3. The van der Waals surface area contributed by atoms with Gasteiger partial charge in [-0.05, 0) is 31.5 Å². The van der Waals surface area contributed by atoms with Crippen molar-refractivity contribution in [1.29, 1.82) is 0 Å². The van der Waals surface area contributed by atoms with Crippen LogP contribution in [0.3, 0.4) is 0 Å². The third-order valence-corrected chi connectivity index (χ3v) is 2.96. The first kappa shape index (κ1) is 9.74. The number of likely N-dealkylation sites (tertiary alicyclic amines) is 1. The SMILES string of the molecule is NCC1CCCCN1Cc1ccco1. The van der Waals surface area contributed by atoms with Crippen molar-refractivity contribution in [2.75, 3.05) is 13.1 Å². The molecule has 1 aromatic heterocycles. The van der Waals surface area contributed by atoms with Gasteiger partial charge in [0, 0.05) is 12.6 Å². The zero-order valence-corrected chi connectivity index (χ0v) is 8.48. The minimum Gasteiger partial charge on any atom is -0.468 e. The van der Waals surface area contributed by atoms with E-state index in [1.54, 1.807) is 6.26 Å². The van der Waals surface area contributed by atoms with E-state index < -0.39 is 0 Å². The van der Waals surface area contributed by atoms with Gasteiger partial charge in [-0.2, -0.15) is 0 Å². The van der Waals surface area contributed by atoms with E-state index in [0.29, 0.717) is 6.04 Å². The Hall–Kier alpha value is -0.800. The molecule has 14 heavy (non-hydrogen) atoms. The summed E-state index contributed by atoms with van der Waals surface area (Å²) < 4.78 is 5.35. The lowest BCUT2D eigenvalue weighted by Crippen LogP contribution is -2.43. The van der Waals surface area contributed by atoms with Crippen LogP contribution in [0.5, 0.6) is 0 Å². The van der Waals surface area contributed by atoms with Crippen LogP contribution < -0.4 is 5.73 Å². The smallest absolute Gasteiger partial charge is 0.117 e. The Morgan fingerprint density at radius 2 is 2.43 bits per heavy atom. The van der Waals surface area contributed by atoms with E-state index in [1.165, 1.54) is 19.3 Å². The summed E-state index contributed by atoms with van der Waals surface area (Å²) in [5.41, 5.74) is 5.75. The lowest BCUT2D eigenvalue weighted by Gasteiger charge is -2.34. The van der Waals surface area contributed by atoms with Crippen molar-refractivity contribution in [1.82, 2.24) is 4.90 Å². The third kappa shape index (κ3) is 2.16. The van der Waals surface area contributed by atoms with Crippen LogP contribution in [0.25, 0.3) is 0 Å². The number of hydrogen-bond donors (Lipinski definition) is 1. The molecule has 2 rings (SSSR count). The Morgan fingerprint density at radius 3 is 3.14 bits per heavy atom. The van der Waals surface area contributed by atoms with Crippen LogP contribution in [-0.4, -0.2) is 24.0 Å². The summed E-state index contributed by atoms with van der Waals surface area (Å²) in [7, 11) is 0. The molecule has 1 unspecified atom stereocenters. The Labute approximate surface area is 84.9 Å². The minimum absolute atomic E-state index is 0.550. The summed E-state index contributed by atoms with van der Waals surface area (Å²) in [6.07, 6.45) is 5.57. The molecule has 1 atom stereocenters. The van der Waals surface area contributed by atoms with E-state index in [0.717, 1.165) is 25.4 Å². The predicted octanol–water partition coefficient (Wildman–Crippen LogP) is 1.59. The van der Waals surface area contributed by atoms with Gasteiger partial charge >= 0.3 is 0 Å². The van der Waals surface area contributed by atoms with Crippen molar-refractivity contribution >= 4 is 0 Å². The number of furan rings is 1. The molecule has 0 bridgehead atoms. The maximum atomic E-state index is 5.75. The summed E-state index contributed by atoms with van der Waals surface area (Å²) in [5, 5.41) is 0. The highest BCUT2D eigenvalue weighted by molar-refractivity contribution is 4.98. The Kier molecular flexibility index (Phi) is 3.22. The van der Waals surface area contributed by atoms with E-state index in [9.17, 15) is 0 Å². The fraction of sp³-hybridized carbons (Fsp3) is 0.636. The fourth-order valence-corrected chi connectivity index (χ4v) is 2.14. The monoisotopic (exact) mass is 194 g/mol. The van der Waals surface area contributed by atoms with Gasteiger partial charge < -0.3 is 10.2 Å². The van der Waals surface area contributed by atoms with E-state index >= 15 is 0 Å². The highest BCUT2D eigenvalue weighted by Crippen LogP contribution is 2.18. The zero-order valence-electron chi connectivity index (χ0n) is 8.48. The van der Waals surface area contributed by atoms with E-state index in [2.05, 4.69) is 4.90 Å². The van der Waals surface area contributed by atoms with Crippen molar-refractivity contribution < 1.29 is 4.42 Å². The molecule has 78 valence electrons. The second kappa shape index (κ2) is 4.62. The largest absolute Gasteiger partial charge is 0.468 e. The van der Waals surface area contributed by atoms with Crippen molar-refractivity contribution in [2.24, 2.45) is 5.73 Å². The first-order valence-electron chi connectivity index (χ1n) is 5.36. The Morgan fingerprint density at radius 1 is 1.50 bits per heavy atom. The molecule has 0 amide bonds. The molecule has 1 fully saturated rings. The summed E-state index contributed by atoms with van der Waals surface area (Å²) >= 11 is 0. The lowest BCUT2D eigenvalue weighted by atomic mass is 10.0. The molecule has 2 N–H and O–H groups in total. The first-order chi connectivity index (χ1) is 6.90. The molecule has 0 radical (unpaired) electrons. The second-order valence-corrected chi connectivity index (χ2v) is 3.94. The van der Waals surface area contributed by atoms with Crippen LogP contribution >= 0.6 is 0 Å². The Balaban J connectivity index is 1.94. The molecule has 0 saturated carbocycles. The predicted molar refractivity (Wildman–Crippen MR) is 55.8 cm³/mol. The molecule has 1 aromatic rings. The van der Waals surface area contributed by atoms with Crippen LogP contribution in [0, 0.1) is 0 Å². The van der Waals surface area contributed by atoms with Crippen LogP contribution in [0.1, 0.15) is 25.0 Å². The first-order valence-corrected chi connectivity index (χ1v) is 5.36. The molecule has 1 saturated heterocycles. The maximum Gasteiger partial charge on any atom is 0.117 e. The van der Waals surface area contributed by atoms with Gasteiger partial charge in [0.25, 0.3) is 0 Å². The summed E-state index contributed by atoms with van der Waals surface area (Å²) in [5.74, 6) is 1.05.